The van der Waals surface area contributed by atoms with E-state index in [2.05, 4.69) is 9.98 Å². The Kier molecular flexibility index (Phi) is 5.70. The highest BCUT2D eigenvalue weighted by atomic mass is 35.5. The summed E-state index contributed by atoms with van der Waals surface area (Å²) in [4.78, 5) is 33.3. The number of aliphatic hydroxyl groups is 1. The fourth-order valence-corrected chi connectivity index (χ4v) is 2.88. The molecule has 0 spiro atoms. The first-order valence-electron chi connectivity index (χ1n) is 8.56. The van der Waals surface area contributed by atoms with Gasteiger partial charge in [0.15, 0.2) is 5.84 Å². The molecule has 142 valence electrons. The molecule has 0 saturated heterocycles. The van der Waals surface area contributed by atoms with Crippen LogP contribution in [0.3, 0.4) is 0 Å². The van der Waals surface area contributed by atoms with Gasteiger partial charge in [-0.3, -0.25) is 4.79 Å². The SMILES string of the molecule is CCOC(=O)C(C1=NC(=NC(=O)c2ccc(Cl)cc2)c2ccccc21)=C(C)O. The highest BCUT2D eigenvalue weighted by Gasteiger charge is 2.30. The third-order valence-electron chi connectivity index (χ3n) is 4.02. The van der Waals surface area contributed by atoms with E-state index in [0.717, 1.165) is 0 Å². The van der Waals surface area contributed by atoms with E-state index in [-0.39, 0.29) is 29.5 Å². The number of nitrogens with zero attached hydrogens (tertiary/aromatic N) is 2. The van der Waals surface area contributed by atoms with Gasteiger partial charge in [-0.2, -0.15) is 4.99 Å². The van der Waals surface area contributed by atoms with Gasteiger partial charge in [0.05, 0.1) is 12.3 Å². The van der Waals surface area contributed by atoms with E-state index in [1.807, 2.05) is 0 Å². The summed E-state index contributed by atoms with van der Waals surface area (Å²) >= 11 is 5.85. The maximum Gasteiger partial charge on any atom is 0.343 e. The number of fused-ring (bicyclic) bond motifs is 1. The molecule has 2 aromatic carbocycles. The van der Waals surface area contributed by atoms with Crippen LogP contribution in [0.5, 0.6) is 0 Å². The topological polar surface area (TPSA) is 88.3 Å². The van der Waals surface area contributed by atoms with Crippen LogP contribution < -0.4 is 0 Å². The lowest BCUT2D eigenvalue weighted by Gasteiger charge is -2.08. The van der Waals surface area contributed by atoms with E-state index in [1.165, 1.54) is 6.92 Å². The molecule has 0 saturated carbocycles. The molecule has 7 heteroatoms. The van der Waals surface area contributed by atoms with E-state index in [4.69, 9.17) is 16.3 Å². The molecular formula is C21H17ClN2O4. The molecule has 3 rings (SSSR count). The van der Waals surface area contributed by atoms with Crippen molar-refractivity contribution in [3.8, 4) is 0 Å². The lowest BCUT2D eigenvalue weighted by molar-refractivity contribution is -0.138. The number of allylic oxidation sites excluding steroid dienone is 1. The van der Waals surface area contributed by atoms with E-state index < -0.39 is 11.9 Å². The third-order valence-corrected chi connectivity index (χ3v) is 4.27. The second-order valence-corrected chi connectivity index (χ2v) is 6.37. The number of halogens is 1. The van der Waals surface area contributed by atoms with Gasteiger partial charge in [-0.15, -0.1) is 0 Å². The minimum absolute atomic E-state index is 0.0570. The number of esters is 1. The molecule has 1 N–H and O–H groups in total. The quantitative estimate of drug-likeness (QED) is 0.478. The van der Waals surface area contributed by atoms with Gasteiger partial charge < -0.3 is 9.84 Å². The molecule has 28 heavy (non-hydrogen) atoms. The first-order chi connectivity index (χ1) is 13.4. The van der Waals surface area contributed by atoms with Gasteiger partial charge in [0.25, 0.3) is 5.91 Å². The maximum atomic E-state index is 12.5. The number of hydrogen-bond acceptors (Lipinski definition) is 4. The van der Waals surface area contributed by atoms with Gasteiger partial charge in [-0.1, -0.05) is 35.9 Å². The Hall–Kier alpha value is -3.25. The summed E-state index contributed by atoms with van der Waals surface area (Å²) < 4.78 is 5.03. The minimum atomic E-state index is -0.693. The summed E-state index contributed by atoms with van der Waals surface area (Å²) in [6.07, 6.45) is 0. The number of aliphatic hydroxyl groups excluding tert-OH is 1. The summed E-state index contributed by atoms with van der Waals surface area (Å²) in [6, 6.07) is 13.4. The second kappa shape index (κ2) is 8.19. The summed E-state index contributed by atoms with van der Waals surface area (Å²) in [5.41, 5.74) is 1.69. The number of amides is 1. The van der Waals surface area contributed by atoms with E-state index >= 15 is 0 Å². The lowest BCUT2D eigenvalue weighted by Crippen LogP contribution is -2.18. The number of rotatable bonds is 4. The second-order valence-electron chi connectivity index (χ2n) is 5.93. The van der Waals surface area contributed by atoms with Crippen LogP contribution in [-0.2, 0) is 9.53 Å². The first kappa shape index (κ1) is 19.5. The molecule has 6 nitrogen and oxygen atoms in total. The average Bonchev–Trinajstić information content (AvgIpc) is 3.00. The molecule has 2 aromatic rings. The van der Waals surface area contributed by atoms with E-state index in [0.29, 0.717) is 21.7 Å². The minimum Gasteiger partial charge on any atom is -0.512 e. The molecule has 0 unspecified atom stereocenters. The van der Waals surface area contributed by atoms with Crippen molar-refractivity contribution in [2.45, 2.75) is 13.8 Å². The van der Waals surface area contributed by atoms with Crippen molar-refractivity contribution in [2.75, 3.05) is 6.61 Å². The fraction of sp³-hybridized carbons (Fsp3) is 0.143. The highest BCUT2D eigenvalue weighted by Crippen LogP contribution is 2.26. The average molecular weight is 397 g/mol. The summed E-state index contributed by atoms with van der Waals surface area (Å²) in [5.74, 6) is -1.25. The zero-order valence-electron chi connectivity index (χ0n) is 15.3. The van der Waals surface area contributed by atoms with Crippen molar-refractivity contribution in [2.24, 2.45) is 9.98 Å². The number of hydrogen-bond donors (Lipinski definition) is 1. The molecule has 0 atom stereocenters. The van der Waals surface area contributed by atoms with Crippen LogP contribution in [0.2, 0.25) is 5.02 Å². The summed E-state index contributed by atoms with van der Waals surface area (Å²) in [5, 5.41) is 10.6. The van der Waals surface area contributed by atoms with Crippen LogP contribution in [0.4, 0.5) is 0 Å². The molecule has 1 heterocycles. The Balaban J connectivity index is 2.08. The van der Waals surface area contributed by atoms with Crippen molar-refractivity contribution in [1.29, 1.82) is 0 Å². The molecule has 1 aliphatic heterocycles. The lowest BCUT2D eigenvalue weighted by atomic mass is 9.99. The molecule has 0 aliphatic carbocycles. The molecular weight excluding hydrogens is 380 g/mol. The maximum absolute atomic E-state index is 12.5. The Morgan fingerprint density at radius 1 is 1.11 bits per heavy atom. The van der Waals surface area contributed by atoms with Crippen LogP contribution in [0.1, 0.15) is 35.3 Å². The normalized spacial score (nSPS) is 15.0. The molecule has 0 radical (unpaired) electrons. The summed E-state index contributed by atoms with van der Waals surface area (Å²) in [6.45, 7) is 3.20. The van der Waals surface area contributed by atoms with Crippen LogP contribution in [-0.4, -0.2) is 35.1 Å². The van der Waals surface area contributed by atoms with Crippen molar-refractivity contribution in [1.82, 2.24) is 0 Å². The molecule has 0 bridgehead atoms. The smallest absolute Gasteiger partial charge is 0.343 e. The third kappa shape index (κ3) is 3.87. The van der Waals surface area contributed by atoms with E-state index in [9.17, 15) is 14.7 Å². The van der Waals surface area contributed by atoms with Crippen LogP contribution in [0.15, 0.2) is 69.8 Å². The monoisotopic (exact) mass is 396 g/mol. The molecule has 1 amide bonds. The Morgan fingerprint density at radius 2 is 1.75 bits per heavy atom. The zero-order valence-corrected chi connectivity index (χ0v) is 16.0. The summed E-state index contributed by atoms with van der Waals surface area (Å²) in [7, 11) is 0. The van der Waals surface area contributed by atoms with Crippen molar-refractivity contribution < 1.29 is 19.4 Å². The van der Waals surface area contributed by atoms with Crippen molar-refractivity contribution in [3.05, 3.63) is 81.6 Å². The molecule has 1 aliphatic rings. The van der Waals surface area contributed by atoms with Crippen molar-refractivity contribution in [3.63, 3.8) is 0 Å². The fourth-order valence-electron chi connectivity index (χ4n) is 2.76. The van der Waals surface area contributed by atoms with Gasteiger partial charge in [0, 0.05) is 21.7 Å². The molecule has 0 aromatic heterocycles. The number of carbonyl (C=O) groups is 2. The number of amidine groups is 1. The predicted octanol–water partition coefficient (Wildman–Crippen LogP) is 4.12. The number of benzene rings is 2. The van der Waals surface area contributed by atoms with Crippen LogP contribution in [0.25, 0.3) is 0 Å². The van der Waals surface area contributed by atoms with Crippen molar-refractivity contribution >= 4 is 35.0 Å². The number of aliphatic imine (C=N–C) groups is 2. The Labute approximate surface area is 166 Å². The van der Waals surface area contributed by atoms with Gasteiger partial charge in [0.2, 0.25) is 0 Å². The first-order valence-corrected chi connectivity index (χ1v) is 8.94. The largest absolute Gasteiger partial charge is 0.512 e. The zero-order chi connectivity index (χ0) is 20.3. The predicted molar refractivity (Wildman–Crippen MR) is 107 cm³/mol. The van der Waals surface area contributed by atoms with Gasteiger partial charge in [0.1, 0.15) is 11.3 Å². The van der Waals surface area contributed by atoms with Crippen LogP contribution >= 0.6 is 11.6 Å². The van der Waals surface area contributed by atoms with Gasteiger partial charge in [-0.25, -0.2) is 9.79 Å². The van der Waals surface area contributed by atoms with E-state index in [1.54, 1.807) is 55.5 Å². The standard InChI is InChI=1S/C21H17ClN2O4/c1-3-28-21(27)17(12(2)25)18-15-6-4-5-7-16(15)19(23-18)24-20(26)13-8-10-14(22)11-9-13/h4-11,25H,3H2,1-2H3. The van der Waals surface area contributed by atoms with Gasteiger partial charge in [-0.05, 0) is 38.1 Å². The van der Waals surface area contributed by atoms with Gasteiger partial charge >= 0.3 is 5.97 Å². The highest BCUT2D eigenvalue weighted by molar-refractivity contribution is 6.36. The molecule has 0 fully saturated rings. The van der Waals surface area contributed by atoms with Crippen LogP contribution in [0, 0.1) is 0 Å². The Bertz CT molecular complexity index is 1030. The number of carbonyl (C=O) groups excluding carboxylic acids is 2. The Morgan fingerprint density at radius 3 is 2.36 bits per heavy atom. The number of ether oxygens (including phenoxy) is 1.